The van der Waals surface area contributed by atoms with Gasteiger partial charge in [-0.2, -0.15) is 5.21 Å². The van der Waals surface area contributed by atoms with Crippen LogP contribution in [-0.2, 0) is 16.0 Å². The van der Waals surface area contributed by atoms with Gasteiger partial charge < -0.3 is 29.0 Å². The highest BCUT2D eigenvalue weighted by atomic mass is 16.7. The fourth-order valence-electron chi connectivity index (χ4n) is 4.26. The zero-order chi connectivity index (χ0) is 27.9. The molecule has 12 heteroatoms. The van der Waals surface area contributed by atoms with Gasteiger partial charge in [0.15, 0.2) is 11.5 Å². The molecule has 2 N–H and O–H groups in total. The number of methoxy groups -OCH3 is 2. The van der Waals surface area contributed by atoms with Crippen molar-refractivity contribution in [3.63, 3.8) is 0 Å². The molecule has 0 saturated carbocycles. The summed E-state index contributed by atoms with van der Waals surface area (Å²) in [6.07, 6.45) is 4.38. The number of tetrazole rings is 1. The Labute approximate surface area is 230 Å². The molecule has 0 fully saturated rings. The summed E-state index contributed by atoms with van der Waals surface area (Å²) in [5.74, 6) is 2.84. The SMILES string of the molecule is CCc1nc(Oc2ccc3c(c2)OCO3)c(-c2nn[nH]n2)c(-c2ccc(OC)cc2)c1C=CCNC(=O)COC. The molecule has 0 radical (unpaired) electrons. The van der Waals surface area contributed by atoms with Gasteiger partial charge in [-0.25, -0.2) is 4.98 Å². The lowest BCUT2D eigenvalue weighted by atomic mass is 9.92. The Balaban J connectivity index is 1.66. The van der Waals surface area contributed by atoms with E-state index in [9.17, 15) is 4.79 Å². The molecule has 2 aromatic carbocycles. The lowest BCUT2D eigenvalue weighted by molar-refractivity contribution is -0.124. The maximum atomic E-state index is 11.9. The van der Waals surface area contributed by atoms with E-state index in [1.807, 2.05) is 43.3 Å². The van der Waals surface area contributed by atoms with E-state index in [4.69, 9.17) is 28.7 Å². The molecule has 5 rings (SSSR count). The number of hydrogen-bond donors (Lipinski definition) is 2. The Morgan fingerprint density at radius 1 is 1.07 bits per heavy atom. The first kappa shape index (κ1) is 26.6. The van der Waals surface area contributed by atoms with Crippen LogP contribution in [-0.4, -0.2) is 65.7 Å². The smallest absolute Gasteiger partial charge is 0.246 e. The number of carbonyl (C=O) groups is 1. The Morgan fingerprint density at radius 2 is 1.88 bits per heavy atom. The van der Waals surface area contributed by atoms with Crippen molar-refractivity contribution in [3.8, 4) is 51.4 Å². The van der Waals surface area contributed by atoms with Crippen LogP contribution in [0.1, 0.15) is 18.2 Å². The molecule has 0 bridgehead atoms. The van der Waals surface area contributed by atoms with Crippen LogP contribution in [0.2, 0.25) is 0 Å². The van der Waals surface area contributed by atoms with Crippen LogP contribution in [0.25, 0.3) is 28.6 Å². The van der Waals surface area contributed by atoms with E-state index in [1.165, 1.54) is 7.11 Å². The highest BCUT2D eigenvalue weighted by molar-refractivity contribution is 5.91. The summed E-state index contributed by atoms with van der Waals surface area (Å²) in [5.41, 5.74) is 3.78. The van der Waals surface area contributed by atoms with Crippen LogP contribution in [0, 0.1) is 0 Å². The second kappa shape index (κ2) is 12.3. The fraction of sp³-hybridized carbons (Fsp3) is 0.250. The molecule has 1 aliphatic heterocycles. The third-order valence-corrected chi connectivity index (χ3v) is 6.10. The van der Waals surface area contributed by atoms with Gasteiger partial charge in [0.1, 0.15) is 18.1 Å². The molecule has 0 unspecified atom stereocenters. The van der Waals surface area contributed by atoms with Crippen molar-refractivity contribution in [3.05, 3.63) is 59.8 Å². The summed E-state index contributed by atoms with van der Waals surface area (Å²) in [5, 5.41) is 17.7. The Bertz CT molecular complexity index is 1500. The maximum Gasteiger partial charge on any atom is 0.246 e. The van der Waals surface area contributed by atoms with E-state index in [0.29, 0.717) is 53.2 Å². The third kappa shape index (κ3) is 5.71. The Morgan fingerprint density at radius 3 is 2.60 bits per heavy atom. The lowest BCUT2D eigenvalue weighted by Crippen LogP contribution is -2.26. The number of nitrogens with one attached hydrogen (secondary N) is 2. The van der Waals surface area contributed by atoms with E-state index in [2.05, 4.69) is 25.9 Å². The first-order valence-corrected chi connectivity index (χ1v) is 12.6. The molecular weight excluding hydrogens is 516 g/mol. The van der Waals surface area contributed by atoms with Gasteiger partial charge in [0.2, 0.25) is 24.4 Å². The Kier molecular flexibility index (Phi) is 8.16. The zero-order valence-electron chi connectivity index (χ0n) is 22.3. The predicted molar refractivity (Wildman–Crippen MR) is 145 cm³/mol. The standard InChI is InChI=1S/C28H28N6O6/c1-4-21-20(6-5-13-29-24(35)15-36-2)25(17-7-9-18(37-3)10-8-17)26(27-31-33-34-32-27)28(30-21)40-19-11-12-22-23(14-19)39-16-38-22/h5-12,14H,4,13,15-16H2,1-3H3,(H,29,35)(H,31,32,33,34). The number of ether oxygens (including phenoxy) is 5. The highest BCUT2D eigenvalue weighted by Gasteiger charge is 2.25. The summed E-state index contributed by atoms with van der Waals surface area (Å²) in [6, 6.07) is 12.9. The minimum atomic E-state index is -0.212. The Hall–Kier alpha value is -4.97. The van der Waals surface area contributed by atoms with Crippen molar-refractivity contribution in [1.29, 1.82) is 0 Å². The van der Waals surface area contributed by atoms with Crippen LogP contribution >= 0.6 is 0 Å². The normalized spacial score (nSPS) is 12.1. The molecule has 4 aromatic rings. The molecule has 0 saturated heterocycles. The number of fused-ring (bicyclic) bond motifs is 1. The van der Waals surface area contributed by atoms with E-state index < -0.39 is 0 Å². The molecule has 0 aliphatic carbocycles. The average Bonchev–Trinajstić information content (AvgIpc) is 3.68. The first-order chi connectivity index (χ1) is 19.6. The van der Waals surface area contributed by atoms with Gasteiger partial charge in [-0.3, -0.25) is 4.79 Å². The van der Waals surface area contributed by atoms with E-state index in [-0.39, 0.29) is 19.3 Å². The van der Waals surface area contributed by atoms with Crippen molar-refractivity contribution >= 4 is 12.0 Å². The molecule has 40 heavy (non-hydrogen) atoms. The van der Waals surface area contributed by atoms with E-state index in [0.717, 1.165) is 22.4 Å². The monoisotopic (exact) mass is 544 g/mol. The largest absolute Gasteiger partial charge is 0.497 e. The van der Waals surface area contributed by atoms with E-state index >= 15 is 0 Å². The molecule has 3 heterocycles. The number of rotatable bonds is 11. The van der Waals surface area contributed by atoms with Crippen molar-refractivity contribution in [2.75, 3.05) is 34.2 Å². The number of benzene rings is 2. The minimum absolute atomic E-state index is 0.0133. The molecule has 206 valence electrons. The van der Waals surface area contributed by atoms with Crippen molar-refractivity contribution in [2.24, 2.45) is 0 Å². The number of aromatic nitrogens is 5. The van der Waals surface area contributed by atoms with Gasteiger partial charge in [0.05, 0.1) is 18.4 Å². The number of hydrogen-bond acceptors (Lipinski definition) is 10. The summed E-state index contributed by atoms with van der Waals surface area (Å²) < 4.78 is 27.6. The number of aromatic amines is 1. The second-order valence-electron chi connectivity index (χ2n) is 8.60. The van der Waals surface area contributed by atoms with Crippen LogP contribution in [0.15, 0.2) is 48.5 Å². The van der Waals surface area contributed by atoms with Crippen molar-refractivity contribution in [2.45, 2.75) is 13.3 Å². The number of nitrogens with zero attached hydrogens (tertiary/aromatic N) is 4. The molecule has 1 aliphatic rings. The number of amides is 1. The number of aryl methyl sites for hydroxylation is 1. The topological polar surface area (TPSA) is 143 Å². The maximum absolute atomic E-state index is 11.9. The zero-order valence-corrected chi connectivity index (χ0v) is 22.3. The van der Waals surface area contributed by atoms with Crippen LogP contribution in [0.3, 0.4) is 0 Å². The van der Waals surface area contributed by atoms with Crippen molar-refractivity contribution in [1.82, 2.24) is 30.9 Å². The molecule has 0 atom stereocenters. The van der Waals surface area contributed by atoms with Gasteiger partial charge in [-0.05, 0) is 41.5 Å². The minimum Gasteiger partial charge on any atom is -0.497 e. The van der Waals surface area contributed by atoms with Crippen LogP contribution < -0.4 is 24.3 Å². The number of H-pyrrole nitrogens is 1. The summed E-state index contributed by atoms with van der Waals surface area (Å²) in [4.78, 5) is 16.8. The summed E-state index contributed by atoms with van der Waals surface area (Å²) in [7, 11) is 3.09. The van der Waals surface area contributed by atoms with E-state index in [1.54, 1.807) is 25.3 Å². The quantitative estimate of drug-likeness (QED) is 0.286. The van der Waals surface area contributed by atoms with Crippen LogP contribution in [0.5, 0.6) is 28.9 Å². The van der Waals surface area contributed by atoms with Gasteiger partial charge in [-0.1, -0.05) is 31.2 Å². The van der Waals surface area contributed by atoms with Gasteiger partial charge in [-0.15, -0.1) is 10.2 Å². The van der Waals surface area contributed by atoms with Crippen molar-refractivity contribution < 1.29 is 28.5 Å². The molecule has 2 aromatic heterocycles. The molecule has 1 amide bonds. The average molecular weight is 545 g/mol. The van der Waals surface area contributed by atoms with Gasteiger partial charge in [0.25, 0.3) is 0 Å². The summed E-state index contributed by atoms with van der Waals surface area (Å²) in [6.45, 7) is 2.46. The van der Waals surface area contributed by atoms with Gasteiger partial charge in [0, 0.05) is 30.8 Å². The first-order valence-electron chi connectivity index (χ1n) is 12.6. The molecule has 12 nitrogen and oxygen atoms in total. The third-order valence-electron chi connectivity index (χ3n) is 6.10. The lowest BCUT2D eigenvalue weighted by Gasteiger charge is -2.19. The predicted octanol–water partition coefficient (Wildman–Crippen LogP) is 3.80. The molecule has 0 spiro atoms. The number of pyridine rings is 1. The second-order valence-corrected chi connectivity index (χ2v) is 8.60. The fourth-order valence-corrected chi connectivity index (χ4v) is 4.26. The summed E-state index contributed by atoms with van der Waals surface area (Å²) >= 11 is 0. The molecular formula is C28H28N6O6. The van der Waals surface area contributed by atoms with Crippen LogP contribution in [0.4, 0.5) is 0 Å². The highest BCUT2D eigenvalue weighted by Crippen LogP contribution is 2.44. The number of carbonyl (C=O) groups excluding carboxylic acids is 1. The van der Waals surface area contributed by atoms with Gasteiger partial charge >= 0.3 is 0 Å².